The number of amides is 2. The van der Waals surface area contributed by atoms with Gasteiger partial charge in [-0.3, -0.25) is 9.80 Å². The Morgan fingerprint density at radius 2 is 2.12 bits per heavy atom. The van der Waals surface area contributed by atoms with E-state index in [1.165, 1.54) is 11.5 Å². The highest BCUT2D eigenvalue weighted by Crippen LogP contribution is 2.31. The summed E-state index contributed by atoms with van der Waals surface area (Å²) in [6, 6.07) is 0.307. The van der Waals surface area contributed by atoms with Crippen LogP contribution in [0.15, 0.2) is 0 Å². The molecule has 2 amide bonds. The molecule has 0 aliphatic carbocycles. The Labute approximate surface area is 149 Å². The Morgan fingerprint density at radius 1 is 1.38 bits per heavy atom. The number of unbranched alkanes of at least 4 members (excludes halogenated alkanes) is 1. The second kappa shape index (κ2) is 8.50. The maximum atomic E-state index is 13.0. The van der Waals surface area contributed by atoms with Crippen LogP contribution in [0, 0.1) is 19.3 Å². The summed E-state index contributed by atoms with van der Waals surface area (Å²) >= 11 is 1.43. The number of carbonyl (C=O) groups is 1. The van der Waals surface area contributed by atoms with E-state index >= 15 is 0 Å². The number of anilines is 1. The third kappa shape index (κ3) is 3.90. The van der Waals surface area contributed by atoms with Crippen molar-refractivity contribution in [3.05, 3.63) is 11.3 Å². The molecule has 2 heterocycles. The minimum atomic E-state index is 0.0898. The number of aryl methyl sites for hydroxylation is 1. The number of terminal acetylenes is 1. The Kier molecular flexibility index (Phi) is 6.64. The van der Waals surface area contributed by atoms with E-state index in [0.717, 1.165) is 48.5 Å². The number of nitrogens with zero attached hydrogens (tertiary/aromatic N) is 4. The Bertz CT molecular complexity index is 607. The van der Waals surface area contributed by atoms with Crippen molar-refractivity contribution >= 4 is 22.6 Å². The van der Waals surface area contributed by atoms with Gasteiger partial charge in [-0.25, -0.2) is 4.79 Å². The summed E-state index contributed by atoms with van der Waals surface area (Å²) in [4.78, 5) is 19.2. The summed E-state index contributed by atoms with van der Waals surface area (Å²) in [5, 5.41) is 0.979. The zero-order valence-electron chi connectivity index (χ0n) is 15.2. The Morgan fingerprint density at radius 3 is 2.71 bits per heavy atom. The predicted octanol–water partition coefficient (Wildman–Crippen LogP) is 3.68. The minimum Gasteiger partial charge on any atom is -0.309 e. The standard InChI is InChI=1S/C18H28N4OS/c1-6-9-10-11-20-12-21(14(4)7-2)18(23)22(13-20)17-15(5)16(8-3)19-24-17/h1,14H,7-13H2,2-5H3. The highest BCUT2D eigenvalue weighted by atomic mass is 32.1. The molecule has 0 spiro atoms. The molecule has 1 aromatic heterocycles. The monoisotopic (exact) mass is 348 g/mol. The van der Waals surface area contributed by atoms with E-state index in [1.807, 2.05) is 9.80 Å². The fourth-order valence-corrected chi connectivity index (χ4v) is 3.87. The molecule has 0 aromatic carbocycles. The molecule has 1 aromatic rings. The number of urea groups is 1. The van der Waals surface area contributed by atoms with E-state index in [9.17, 15) is 4.79 Å². The average molecular weight is 349 g/mol. The maximum absolute atomic E-state index is 13.0. The molecule has 1 fully saturated rings. The number of rotatable bonds is 7. The van der Waals surface area contributed by atoms with Gasteiger partial charge in [-0.15, -0.1) is 12.3 Å². The molecular formula is C18H28N4OS. The first-order chi connectivity index (χ1) is 11.5. The van der Waals surface area contributed by atoms with Crippen molar-refractivity contribution in [3.63, 3.8) is 0 Å². The highest BCUT2D eigenvalue weighted by Gasteiger charge is 2.35. The van der Waals surface area contributed by atoms with Gasteiger partial charge >= 0.3 is 6.03 Å². The van der Waals surface area contributed by atoms with Crippen LogP contribution in [0.3, 0.4) is 0 Å². The first-order valence-electron chi connectivity index (χ1n) is 8.72. The van der Waals surface area contributed by atoms with Gasteiger partial charge in [0.2, 0.25) is 0 Å². The first kappa shape index (κ1) is 18.8. The van der Waals surface area contributed by atoms with Crippen LogP contribution in [0.5, 0.6) is 0 Å². The highest BCUT2D eigenvalue weighted by molar-refractivity contribution is 7.10. The molecule has 1 aliphatic heterocycles. The average Bonchev–Trinajstić information content (AvgIpc) is 2.96. The van der Waals surface area contributed by atoms with Gasteiger partial charge in [-0.1, -0.05) is 13.8 Å². The van der Waals surface area contributed by atoms with Crippen LogP contribution in [0.1, 0.15) is 51.3 Å². The predicted molar refractivity (Wildman–Crippen MR) is 100 cm³/mol. The van der Waals surface area contributed by atoms with Crippen molar-refractivity contribution < 1.29 is 4.79 Å². The summed E-state index contributed by atoms with van der Waals surface area (Å²) in [5.41, 5.74) is 2.22. The quantitative estimate of drug-likeness (QED) is 0.557. The number of aromatic nitrogens is 1. The van der Waals surface area contributed by atoms with Gasteiger partial charge in [0.1, 0.15) is 5.00 Å². The van der Waals surface area contributed by atoms with Crippen molar-refractivity contribution in [3.8, 4) is 12.3 Å². The van der Waals surface area contributed by atoms with Crippen LogP contribution in [0.4, 0.5) is 9.80 Å². The van der Waals surface area contributed by atoms with Crippen LogP contribution in [-0.4, -0.2) is 46.1 Å². The van der Waals surface area contributed by atoms with Crippen molar-refractivity contribution in [2.45, 2.75) is 59.4 Å². The smallest absolute Gasteiger partial charge is 0.309 e. The van der Waals surface area contributed by atoms with Gasteiger partial charge in [0.15, 0.2) is 0 Å². The molecule has 0 radical (unpaired) electrons. The molecule has 2 rings (SSSR count). The Hall–Kier alpha value is -1.58. The summed E-state index contributed by atoms with van der Waals surface area (Å²) in [6.45, 7) is 10.6. The Balaban J connectivity index is 2.24. The lowest BCUT2D eigenvalue weighted by Gasteiger charge is -2.44. The van der Waals surface area contributed by atoms with Crippen LogP contribution >= 0.6 is 11.5 Å². The lowest BCUT2D eigenvalue weighted by atomic mass is 10.2. The molecule has 132 valence electrons. The third-order valence-electron chi connectivity index (χ3n) is 4.66. The van der Waals surface area contributed by atoms with Crippen molar-refractivity contribution in [2.75, 3.05) is 24.8 Å². The zero-order valence-corrected chi connectivity index (χ0v) is 16.0. The molecule has 6 heteroatoms. The van der Waals surface area contributed by atoms with Gasteiger partial charge in [0.05, 0.1) is 19.0 Å². The van der Waals surface area contributed by atoms with E-state index in [2.05, 4.69) is 42.9 Å². The first-order valence-corrected chi connectivity index (χ1v) is 9.49. The number of carbonyl (C=O) groups excluding carboxylic acids is 1. The van der Waals surface area contributed by atoms with Crippen molar-refractivity contribution in [1.29, 1.82) is 0 Å². The molecular weight excluding hydrogens is 320 g/mol. The van der Waals surface area contributed by atoms with Gasteiger partial charge in [0.25, 0.3) is 0 Å². The number of hydrogen-bond acceptors (Lipinski definition) is 4. The molecule has 24 heavy (non-hydrogen) atoms. The van der Waals surface area contributed by atoms with Gasteiger partial charge in [-0.05, 0) is 44.6 Å². The fourth-order valence-electron chi connectivity index (χ4n) is 2.92. The maximum Gasteiger partial charge on any atom is 0.327 e. The van der Waals surface area contributed by atoms with E-state index in [1.54, 1.807) is 0 Å². The van der Waals surface area contributed by atoms with Crippen molar-refractivity contribution in [1.82, 2.24) is 14.2 Å². The molecule has 0 N–H and O–H groups in total. The molecule has 1 aliphatic rings. The molecule has 1 unspecified atom stereocenters. The minimum absolute atomic E-state index is 0.0898. The van der Waals surface area contributed by atoms with E-state index in [4.69, 9.17) is 6.42 Å². The molecule has 1 atom stereocenters. The fraction of sp³-hybridized carbons (Fsp3) is 0.667. The topological polar surface area (TPSA) is 39.7 Å². The van der Waals surface area contributed by atoms with E-state index in [-0.39, 0.29) is 12.1 Å². The van der Waals surface area contributed by atoms with Crippen molar-refractivity contribution in [2.24, 2.45) is 0 Å². The normalized spacial score (nSPS) is 17.2. The van der Waals surface area contributed by atoms with Gasteiger partial charge in [0, 0.05) is 24.6 Å². The van der Waals surface area contributed by atoms with Crippen LogP contribution < -0.4 is 4.90 Å². The van der Waals surface area contributed by atoms with E-state index < -0.39 is 0 Å². The van der Waals surface area contributed by atoms with Gasteiger partial charge in [-0.2, -0.15) is 4.37 Å². The molecule has 1 saturated heterocycles. The second-order valence-electron chi connectivity index (χ2n) is 6.34. The largest absolute Gasteiger partial charge is 0.327 e. The zero-order chi connectivity index (χ0) is 17.7. The third-order valence-corrected chi connectivity index (χ3v) is 5.68. The second-order valence-corrected chi connectivity index (χ2v) is 7.09. The summed E-state index contributed by atoms with van der Waals surface area (Å²) in [5.74, 6) is 2.70. The van der Waals surface area contributed by atoms with Gasteiger partial charge < -0.3 is 4.90 Å². The van der Waals surface area contributed by atoms with E-state index in [0.29, 0.717) is 13.3 Å². The summed E-state index contributed by atoms with van der Waals surface area (Å²) < 4.78 is 4.52. The lowest BCUT2D eigenvalue weighted by molar-refractivity contribution is 0.0919. The van der Waals surface area contributed by atoms with Crippen LogP contribution in [0.2, 0.25) is 0 Å². The molecule has 0 saturated carbocycles. The SMILES string of the molecule is C#CCCCN1CN(c2snc(CC)c2C)C(=O)N(C(C)CC)C1. The van der Waals surface area contributed by atoms with Crippen LogP contribution in [-0.2, 0) is 6.42 Å². The summed E-state index contributed by atoms with van der Waals surface area (Å²) in [6.07, 6.45) is 8.93. The number of hydrogen-bond donors (Lipinski definition) is 0. The molecule has 5 nitrogen and oxygen atoms in total. The molecule has 0 bridgehead atoms. The summed E-state index contributed by atoms with van der Waals surface area (Å²) in [7, 11) is 0. The lowest BCUT2D eigenvalue weighted by Crippen LogP contribution is -2.60. The van der Waals surface area contributed by atoms with Crippen LogP contribution in [0.25, 0.3) is 0 Å².